The molecule has 9 nitrogen and oxygen atoms in total. The average Bonchev–Trinajstić information content (AvgIpc) is 3.40. The van der Waals surface area contributed by atoms with Crippen LogP contribution in [0.1, 0.15) is 36.0 Å². The Morgan fingerprint density at radius 2 is 1.79 bits per heavy atom. The van der Waals surface area contributed by atoms with Gasteiger partial charge in [0.1, 0.15) is 0 Å². The standard InChI is InChI=1S/C25H30N4O5/c1-3-29-19(17-27-12-14-28(15-13-27)23(30)20-11-8-16-34-20)21(24(31)33-4-2)22(26-25(29)32)18-9-6-5-7-10-18/h5-11,16,22H,3-4,12-15,17H2,1-2H3,(H,26,32)/t22-/m1/s1. The number of hydrogen-bond donors (Lipinski definition) is 1. The van der Waals surface area contributed by atoms with Gasteiger partial charge in [-0.1, -0.05) is 30.3 Å². The molecule has 34 heavy (non-hydrogen) atoms. The third kappa shape index (κ3) is 4.84. The number of rotatable bonds is 7. The molecule has 4 rings (SSSR count). The lowest BCUT2D eigenvalue weighted by Crippen LogP contribution is -2.53. The Morgan fingerprint density at radius 3 is 2.41 bits per heavy atom. The minimum Gasteiger partial charge on any atom is -0.463 e. The van der Waals surface area contributed by atoms with Gasteiger partial charge in [0.15, 0.2) is 5.76 Å². The van der Waals surface area contributed by atoms with Gasteiger partial charge in [0.2, 0.25) is 0 Å². The van der Waals surface area contributed by atoms with Crippen molar-refractivity contribution in [3.63, 3.8) is 0 Å². The number of furan rings is 1. The molecule has 1 N–H and O–H groups in total. The number of hydrogen-bond acceptors (Lipinski definition) is 6. The van der Waals surface area contributed by atoms with Gasteiger partial charge in [0.25, 0.3) is 5.91 Å². The van der Waals surface area contributed by atoms with Crippen LogP contribution < -0.4 is 5.32 Å². The van der Waals surface area contributed by atoms with Crippen LogP contribution in [-0.4, -0.2) is 78.5 Å². The molecular weight excluding hydrogens is 436 g/mol. The van der Waals surface area contributed by atoms with E-state index in [1.54, 1.807) is 28.9 Å². The van der Waals surface area contributed by atoms with E-state index in [2.05, 4.69) is 10.2 Å². The molecule has 0 radical (unpaired) electrons. The lowest BCUT2D eigenvalue weighted by atomic mass is 9.94. The number of nitrogens with one attached hydrogen (secondary N) is 1. The second-order valence-electron chi connectivity index (χ2n) is 8.16. The Bertz CT molecular complexity index is 1040. The Morgan fingerprint density at radius 1 is 1.06 bits per heavy atom. The van der Waals surface area contributed by atoms with Crippen LogP contribution in [-0.2, 0) is 9.53 Å². The number of carbonyl (C=O) groups is 3. The Kier molecular flexibility index (Phi) is 7.32. The molecule has 1 saturated heterocycles. The second-order valence-corrected chi connectivity index (χ2v) is 8.16. The molecule has 3 amide bonds. The highest BCUT2D eigenvalue weighted by molar-refractivity contribution is 5.95. The number of piperazine rings is 1. The Balaban J connectivity index is 1.59. The fourth-order valence-electron chi connectivity index (χ4n) is 4.43. The summed E-state index contributed by atoms with van der Waals surface area (Å²) < 4.78 is 10.7. The van der Waals surface area contributed by atoms with E-state index in [0.717, 1.165) is 5.56 Å². The summed E-state index contributed by atoms with van der Waals surface area (Å²) in [6, 6.07) is 12.0. The number of benzene rings is 1. The lowest BCUT2D eigenvalue weighted by Gasteiger charge is -2.40. The number of esters is 1. The summed E-state index contributed by atoms with van der Waals surface area (Å²) in [4.78, 5) is 44.3. The zero-order valence-electron chi connectivity index (χ0n) is 19.5. The second kappa shape index (κ2) is 10.6. The van der Waals surface area contributed by atoms with E-state index in [1.807, 2.05) is 37.3 Å². The van der Waals surface area contributed by atoms with Crippen LogP contribution in [0.25, 0.3) is 0 Å². The summed E-state index contributed by atoms with van der Waals surface area (Å²) in [5.74, 6) is -0.239. The van der Waals surface area contributed by atoms with Gasteiger partial charge in [0, 0.05) is 45.0 Å². The van der Waals surface area contributed by atoms with E-state index in [-0.39, 0.29) is 18.5 Å². The first-order chi connectivity index (χ1) is 16.5. The first-order valence-electron chi connectivity index (χ1n) is 11.6. The molecule has 180 valence electrons. The Labute approximate surface area is 198 Å². The van der Waals surface area contributed by atoms with Crippen LogP contribution in [0.4, 0.5) is 4.79 Å². The molecule has 2 aliphatic rings. The van der Waals surface area contributed by atoms with Crippen molar-refractivity contribution < 1.29 is 23.5 Å². The smallest absolute Gasteiger partial charge is 0.338 e. The molecule has 1 aromatic carbocycles. The lowest BCUT2D eigenvalue weighted by molar-refractivity contribution is -0.139. The summed E-state index contributed by atoms with van der Waals surface area (Å²) in [5, 5.41) is 2.97. The van der Waals surface area contributed by atoms with E-state index < -0.39 is 12.0 Å². The number of carbonyl (C=O) groups excluding carboxylic acids is 3. The number of amides is 3. The monoisotopic (exact) mass is 466 g/mol. The quantitative estimate of drug-likeness (QED) is 0.631. The van der Waals surface area contributed by atoms with Gasteiger partial charge >= 0.3 is 12.0 Å². The highest BCUT2D eigenvalue weighted by Crippen LogP contribution is 2.32. The van der Waals surface area contributed by atoms with Crippen LogP contribution in [0.5, 0.6) is 0 Å². The van der Waals surface area contributed by atoms with Crippen molar-refractivity contribution in [3.8, 4) is 0 Å². The van der Waals surface area contributed by atoms with E-state index in [1.165, 1.54) is 6.26 Å². The molecule has 0 aliphatic carbocycles. The van der Waals surface area contributed by atoms with Gasteiger partial charge in [-0.25, -0.2) is 9.59 Å². The van der Waals surface area contributed by atoms with Crippen LogP contribution in [0, 0.1) is 0 Å². The van der Waals surface area contributed by atoms with Crippen LogP contribution >= 0.6 is 0 Å². The minimum atomic E-state index is -0.590. The first-order valence-corrected chi connectivity index (χ1v) is 11.6. The third-order valence-electron chi connectivity index (χ3n) is 6.15. The summed E-state index contributed by atoms with van der Waals surface area (Å²) >= 11 is 0. The van der Waals surface area contributed by atoms with Gasteiger partial charge in [-0.15, -0.1) is 0 Å². The number of ether oxygens (including phenoxy) is 1. The maximum Gasteiger partial charge on any atom is 0.338 e. The van der Waals surface area contributed by atoms with Crippen LogP contribution in [0.3, 0.4) is 0 Å². The topological polar surface area (TPSA) is 95.3 Å². The molecule has 0 spiro atoms. The van der Waals surface area contributed by atoms with Gasteiger partial charge in [-0.2, -0.15) is 0 Å². The molecule has 1 fully saturated rings. The van der Waals surface area contributed by atoms with Crippen LogP contribution in [0.15, 0.2) is 64.4 Å². The zero-order valence-corrected chi connectivity index (χ0v) is 19.5. The molecule has 0 saturated carbocycles. The SMILES string of the molecule is CCOC(=O)C1=C(CN2CCN(C(=O)c3ccco3)CC2)N(CC)C(=O)N[C@@H]1c1ccccc1. The fraction of sp³-hybridized carbons (Fsp3) is 0.400. The Hall–Kier alpha value is -3.59. The normalized spacial score (nSPS) is 19.2. The van der Waals surface area contributed by atoms with E-state index in [0.29, 0.717) is 56.3 Å². The van der Waals surface area contributed by atoms with E-state index in [4.69, 9.17) is 9.15 Å². The van der Waals surface area contributed by atoms with Crippen molar-refractivity contribution in [2.45, 2.75) is 19.9 Å². The minimum absolute atomic E-state index is 0.132. The summed E-state index contributed by atoms with van der Waals surface area (Å²) in [5.41, 5.74) is 1.91. The summed E-state index contributed by atoms with van der Waals surface area (Å²) in [6.07, 6.45) is 1.49. The van der Waals surface area contributed by atoms with Crippen molar-refractivity contribution in [2.75, 3.05) is 45.9 Å². The van der Waals surface area contributed by atoms with E-state index >= 15 is 0 Å². The maximum absolute atomic E-state index is 13.1. The molecular formula is C25H30N4O5. The molecule has 0 unspecified atom stereocenters. The van der Waals surface area contributed by atoms with Crippen molar-refractivity contribution in [3.05, 3.63) is 71.3 Å². The number of urea groups is 1. The predicted molar refractivity (Wildman–Crippen MR) is 125 cm³/mol. The van der Waals surface area contributed by atoms with Crippen molar-refractivity contribution >= 4 is 17.9 Å². The fourth-order valence-corrected chi connectivity index (χ4v) is 4.43. The predicted octanol–water partition coefficient (Wildman–Crippen LogP) is 2.64. The summed E-state index contributed by atoms with van der Waals surface area (Å²) in [6.45, 7) is 7.00. The molecule has 9 heteroatoms. The average molecular weight is 467 g/mol. The van der Waals surface area contributed by atoms with Gasteiger partial charge in [0.05, 0.1) is 24.5 Å². The van der Waals surface area contributed by atoms with Crippen molar-refractivity contribution in [1.82, 2.24) is 20.0 Å². The number of likely N-dealkylation sites (N-methyl/N-ethyl adjacent to an activating group) is 1. The van der Waals surface area contributed by atoms with Gasteiger partial charge in [-0.3, -0.25) is 14.6 Å². The van der Waals surface area contributed by atoms with Crippen LogP contribution in [0.2, 0.25) is 0 Å². The molecule has 0 bridgehead atoms. The number of nitrogens with zero attached hydrogens (tertiary/aromatic N) is 3. The maximum atomic E-state index is 13.1. The molecule has 1 aromatic heterocycles. The zero-order chi connectivity index (χ0) is 24.1. The first kappa shape index (κ1) is 23.6. The third-order valence-corrected chi connectivity index (χ3v) is 6.15. The molecule has 2 aliphatic heterocycles. The molecule has 2 aromatic rings. The van der Waals surface area contributed by atoms with Gasteiger partial charge < -0.3 is 19.4 Å². The summed E-state index contributed by atoms with van der Waals surface area (Å²) in [7, 11) is 0. The van der Waals surface area contributed by atoms with E-state index in [9.17, 15) is 14.4 Å². The van der Waals surface area contributed by atoms with Gasteiger partial charge in [-0.05, 0) is 31.5 Å². The van der Waals surface area contributed by atoms with Crippen molar-refractivity contribution in [2.24, 2.45) is 0 Å². The molecule has 3 heterocycles. The largest absolute Gasteiger partial charge is 0.463 e. The highest BCUT2D eigenvalue weighted by Gasteiger charge is 2.38. The molecule has 1 atom stereocenters. The highest BCUT2D eigenvalue weighted by atomic mass is 16.5. The van der Waals surface area contributed by atoms with Crippen molar-refractivity contribution in [1.29, 1.82) is 0 Å².